The van der Waals surface area contributed by atoms with Crippen LogP contribution >= 0.6 is 0 Å². The first-order valence-corrected chi connectivity index (χ1v) is 0. The molecule has 0 fully saturated rings. The van der Waals surface area contributed by atoms with E-state index in [1.54, 1.807) is 0 Å². The van der Waals surface area contributed by atoms with Crippen molar-refractivity contribution in [2.24, 2.45) is 0 Å². The normalized spacial score (nSPS) is 0. The summed E-state index contributed by atoms with van der Waals surface area (Å²) in [7, 11) is 0. The van der Waals surface area contributed by atoms with Gasteiger partial charge in [-0.25, -0.2) is 0 Å². The second kappa shape index (κ2) is 31.5. The molecule has 5 heavy (non-hydrogen) atoms. The molecule has 1 nitrogen and oxygen atoms in total. The average molecular weight is 190 g/mol. The summed E-state index contributed by atoms with van der Waals surface area (Å²) in [5.41, 5.74) is 0. The van der Waals surface area contributed by atoms with Crippen LogP contribution in [0.25, 0.3) is 0 Å². The van der Waals surface area contributed by atoms with Crippen LogP contribution < -0.4 is 29.6 Å². The Bertz CT molecular complexity index is 15.5. The van der Waals surface area contributed by atoms with E-state index in [1.165, 1.54) is 0 Å². The Morgan fingerprint density at radius 2 is 1.20 bits per heavy atom. The van der Waals surface area contributed by atoms with Crippen LogP contribution in [0, 0.1) is 0 Å². The fraction of sp³-hybridized carbons (Fsp3) is 0. The topological polar surface area (TPSA) is 31.5 Å². The van der Waals surface area contributed by atoms with E-state index in [1.807, 2.05) is 0 Å². The molecule has 5 heteroatoms. The molecule has 0 heterocycles. The summed E-state index contributed by atoms with van der Waals surface area (Å²) >= 11 is 0. The Balaban J connectivity index is 0. The van der Waals surface area contributed by atoms with Crippen molar-refractivity contribution in [1.82, 2.24) is 0 Å². The van der Waals surface area contributed by atoms with Gasteiger partial charge in [0.05, 0.1) is 0 Å². The van der Waals surface area contributed by atoms with Crippen molar-refractivity contribution in [3.8, 4) is 0 Å². The zero-order chi connectivity index (χ0) is 0. The predicted octanol–water partition coefficient (Wildman–Crippen LogP) is -4.90. The summed E-state index contributed by atoms with van der Waals surface area (Å²) in [5, 5.41) is 0. The molecule has 0 aliphatic heterocycles. The molecular formula is H6AlCoNaNiO. The summed E-state index contributed by atoms with van der Waals surface area (Å²) in [5.74, 6) is 0. The SMILES string of the molecule is O.[AlH3].[Co].[H-].[Na+].[Ni]. The molecule has 0 atom stereocenters. The quantitative estimate of drug-likeness (QED) is 0.343. The molecule has 0 aromatic carbocycles. The van der Waals surface area contributed by atoms with Crippen LogP contribution in [-0.4, -0.2) is 22.8 Å². The standard InChI is InChI=1S/Al.Co.Na.Ni.H2O.4H/h;;;;1H2;;;;/q;;+1;;;;;;-1. The number of hydrogen-bond acceptors (Lipinski definition) is 0. The van der Waals surface area contributed by atoms with Gasteiger partial charge >= 0.3 is 29.6 Å². The van der Waals surface area contributed by atoms with Crippen molar-refractivity contribution in [3.63, 3.8) is 0 Å². The molecule has 0 bridgehead atoms. The Labute approximate surface area is 86.0 Å². The first-order valence-electron chi connectivity index (χ1n) is 0. The van der Waals surface area contributed by atoms with Gasteiger partial charge in [-0.2, -0.15) is 0 Å². The van der Waals surface area contributed by atoms with E-state index in [0.717, 1.165) is 0 Å². The van der Waals surface area contributed by atoms with Gasteiger partial charge in [0.2, 0.25) is 0 Å². The molecule has 1 radical (unpaired) electrons. The zero-order valence-corrected chi connectivity index (χ0v) is 6.18. The van der Waals surface area contributed by atoms with Crippen LogP contribution in [0.3, 0.4) is 0 Å². The summed E-state index contributed by atoms with van der Waals surface area (Å²) in [6, 6.07) is 0. The predicted molar refractivity (Wildman–Crippen MR) is 14.7 cm³/mol. The second-order valence-corrected chi connectivity index (χ2v) is 0. The maximum Gasteiger partial charge on any atom is 1.00 e. The zero-order valence-electron chi connectivity index (χ0n) is 3.15. The van der Waals surface area contributed by atoms with Gasteiger partial charge in [-0.15, -0.1) is 0 Å². The fourth-order valence-electron chi connectivity index (χ4n) is 0. The van der Waals surface area contributed by atoms with Gasteiger partial charge in [0, 0.05) is 33.3 Å². The molecule has 0 unspecified atom stereocenters. The third-order valence-electron chi connectivity index (χ3n) is 0. The van der Waals surface area contributed by atoms with E-state index < -0.39 is 0 Å². The minimum absolute atomic E-state index is 0. The molecule has 0 aromatic rings. The molecule has 0 amide bonds. The third-order valence-corrected chi connectivity index (χ3v) is 0. The Kier molecular flexibility index (Phi) is 321. The largest absolute Gasteiger partial charge is 1.00 e. The van der Waals surface area contributed by atoms with Gasteiger partial charge in [0.15, 0.2) is 17.4 Å². The first-order chi connectivity index (χ1) is 0. The van der Waals surface area contributed by atoms with Crippen molar-refractivity contribution >= 4 is 17.4 Å². The third kappa shape index (κ3) is 21.1. The summed E-state index contributed by atoms with van der Waals surface area (Å²) in [4.78, 5) is 0. The van der Waals surface area contributed by atoms with E-state index in [0.29, 0.717) is 0 Å². The molecule has 2 N–H and O–H groups in total. The number of rotatable bonds is 0. The first kappa shape index (κ1) is 50.8. The Morgan fingerprint density at radius 3 is 1.20 bits per heavy atom. The maximum absolute atomic E-state index is 0. The molecule has 0 spiro atoms. The monoisotopic (exact) mass is 189 g/mol. The van der Waals surface area contributed by atoms with Crippen LogP contribution in [0.2, 0.25) is 0 Å². The van der Waals surface area contributed by atoms with Gasteiger partial charge in [-0.3, -0.25) is 0 Å². The molecule has 0 aliphatic carbocycles. The van der Waals surface area contributed by atoms with Crippen molar-refractivity contribution in [3.05, 3.63) is 0 Å². The van der Waals surface area contributed by atoms with Gasteiger partial charge in [0.1, 0.15) is 0 Å². The minimum atomic E-state index is 0. The summed E-state index contributed by atoms with van der Waals surface area (Å²) in [6.45, 7) is 0. The molecule has 0 saturated heterocycles. The minimum Gasteiger partial charge on any atom is -1.00 e. The molecular weight excluding hydrogens is 184 g/mol. The van der Waals surface area contributed by atoms with Gasteiger partial charge < -0.3 is 6.90 Å². The van der Waals surface area contributed by atoms with E-state index >= 15 is 0 Å². The van der Waals surface area contributed by atoms with Crippen molar-refractivity contribution in [2.75, 3.05) is 0 Å². The van der Waals surface area contributed by atoms with E-state index in [9.17, 15) is 0 Å². The maximum atomic E-state index is 0. The molecule has 0 aliphatic rings. The fourth-order valence-corrected chi connectivity index (χ4v) is 0. The molecule has 0 rings (SSSR count). The van der Waals surface area contributed by atoms with Crippen LogP contribution in [-0.2, 0) is 33.3 Å². The molecule has 35 valence electrons. The average Bonchev–Trinajstić information content (AvgIpc) is 0. The van der Waals surface area contributed by atoms with Gasteiger partial charge in [0.25, 0.3) is 0 Å². The van der Waals surface area contributed by atoms with E-state index in [-0.39, 0.29) is 87.1 Å². The van der Waals surface area contributed by atoms with Crippen molar-refractivity contribution < 1.29 is 69.7 Å². The number of hydrogen-bond donors (Lipinski definition) is 0. The molecule has 0 aromatic heterocycles. The second-order valence-electron chi connectivity index (χ2n) is 0. The summed E-state index contributed by atoms with van der Waals surface area (Å²) < 4.78 is 0. The van der Waals surface area contributed by atoms with Gasteiger partial charge in [-0.1, -0.05) is 0 Å². The van der Waals surface area contributed by atoms with Crippen LogP contribution in [0.5, 0.6) is 0 Å². The van der Waals surface area contributed by atoms with Crippen molar-refractivity contribution in [1.29, 1.82) is 0 Å². The Hall–Kier alpha value is 2.49. The smallest absolute Gasteiger partial charge is 1.00 e. The van der Waals surface area contributed by atoms with Crippen LogP contribution in [0.4, 0.5) is 0 Å². The summed E-state index contributed by atoms with van der Waals surface area (Å²) in [6.07, 6.45) is 0. The van der Waals surface area contributed by atoms with Crippen LogP contribution in [0.15, 0.2) is 0 Å². The van der Waals surface area contributed by atoms with Gasteiger partial charge in [-0.05, 0) is 0 Å². The van der Waals surface area contributed by atoms with E-state index in [2.05, 4.69) is 0 Å². The Morgan fingerprint density at radius 1 is 1.20 bits per heavy atom. The van der Waals surface area contributed by atoms with E-state index in [4.69, 9.17) is 0 Å². The van der Waals surface area contributed by atoms with Crippen LogP contribution in [0.1, 0.15) is 1.43 Å². The molecule has 0 saturated carbocycles. The van der Waals surface area contributed by atoms with Crippen molar-refractivity contribution in [2.45, 2.75) is 0 Å².